The van der Waals surface area contributed by atoms with E-state index in [2.05, 4.69) is 20.2 Å². The Balaban J connectivity index is 1.54. The van der Waals surface area contributed by atoms with Crippen LogP contribution in [-0.4, -0.2) is 53.3 Å². The first-order valence-electron chi connectivity index (χ1n) is 9.98. The van der Waals surface area contributed by atoms with Crippen molar-refractivity contribution in [2.75, 3.05) is 41.3 Å². The molecule has 168 valence electrons. The molecule has 3 heterocycles. The monoisotopic (exact) mass is 443 g/mol. The predicted octanol–water partition coefficient (Wildman–Crippen LogP) is 4.05. The zero-order valence-corrected chi connectivity index (χ0v) is 16.5. The van der Waals surface area contributed by atoms with Crippen LogP contribution >= 0.6 is 0 Å². The molecule has 0 aliphatic carbocycles. The lowest BCUT2D eigenvalue weighted by atomic mass is 10.1. The van der Waals surface area contributed by atoms with E-state index in [0.717, 1.165) is 30.0 Å². The van der Waals surface area contributed by atoms with E-state index in [-0.39, 0.29) is 18.6 Å². The Morgan fingerprint density at radius 1 is 1.10 bits per heavy atom. The summed E-state index contributed by atoms with van der Waals surface area (Å²) >= 11 is 0. The van der Waals surface area contributed by atoms with Crippen molar-refractivity contribution >= 4 is 23.1 Å². The molecule has 1 aromatic heterocycles. The minimum atomic E-state index is -4.76. The summed E-state index contributed by atoms with van der Waals surface area (Å²) in [5.74, 6) is -3.72. The zero-order chi connectivity index (χ0) is 22.2. The van der Waals surface area contributed by atoms with Crippen LogP contribution in [0.1, 0.15) is 24.8 Å². The molecule has 2 aromatic rings. The van der Waals surface area contributed by atoms with Crippen LogP contribution in [0, 0.1) is 0 Å². The number of aromatic nitrogens is 2. The maximum Gasteiger partial charge on any atom is 0.421 e. The number of piperidine rings is 1. The molecule has 6 nitrogen and oxygen atoms in total. The van der Waals surface area contributed by atoms with Gasteiger partial charge in [-0.1, -0.05) is 0 Å². The van der Waals surface area contributed by atoms with Gasteiger partial charge in [-0.3, -0.25) is 0 Å². The highest BCUT2D eigenvalue weighted by atomic mass is 19.4. The molecular formula is C20H22F5N5O. The number of benzene rings is 1. The van der Waals surface area contributed by atoms with Crippen molar-refractivity contribution in [3.63, 3.8) is 0 Å². The lowest BCUT2D eigenvalue weighted by Crippen LogP contribution is -2.38. The van der Waals surface area contributed by atoms with Crippen molar-refractivity contribution in [1.82, 2.24) is 9.97 Å². The number of hydrogen-bond donors (Lipinski definition) is 2. The molecule has 0 unspecified atom stereocenters. The number of halogens is 5. The third-order valence-electron chi connectivity index (χ3n) is 5.43. The number of aliphatic hydroxyl groups is 1. The van der Waals surface area contributed by atoms with Gasteiger partial charge in [0.1, 0.15) is 11.4 Å². The van der Waals surface area contributed by atoms with E-state index < -0.39 is 36.4 Å². The summed E-state index contributed by atoms with van der Waals surface area (Å²) in [7, 11) is 0. The molecule has 1 atom stereocenters. The van der Waals surface area contributed by atoms with Gasteiger partial charge in [-0.05, 0) is 37.1 Å². The largest absolute Gasteiger partial charge is 0.421 e. The third-order valence-corrected chi connectivity index (χ3v) is 5.43. The lowest BCUT2D eigenvalue weighted by Gasteiger charge is -2.32. The highest BCUT2D eigenvalue weighted by molar-refractivity contribution is 5.61. The smallest absolute Gasteiger partial charge is 0.391 e. The topological polar surface area (TPSA) is 64.5 Å². The summed E-state index contributed by atoms with van der Waals surface area (Å²) in [4.78, 5) is 10.6. The van der Waals surface area contributed by atoms with Crippen molar-refractivity contribution in [2.45, 2.75) is 37.5 Å². The van der Waals surface area contributed by atoms with Gasteiger partial charge in [-0.2, -0.15) is 18.2 Å². The quantitative estimate of drug-likeness (QED) is 0.696. The number of hydrogen-bond acceptors (Lipinski definition) is 6. The number of rotatable bonds is 4. The highest BCUT2D eigenvalue weighted by Gasteiger charge is 2.43. The minimum Gasteiger partial charge on any atom is -0.391 e. The van der Waals surface area contributed by atoms with Crippen LogP contribution in [0.3, 0.4) is 0 Å². The van der Waals surface area contributed by atoms with E-state index in [1.165, 1.54) is 0 Å². The van der Waals surface area contributed by atoms with E-state index >= 15 is 0 Å². The van der Waals surface area contributed by atoms with Gasteiger partial charge in [-0.25, -0.2) is 13.8 Å². The van der Waals surface area contributed by atoms with Gasteiger partial charge in [0.05, 0.1) is 12.6 Å². The molecule has 0 bridgehead atoms. The average molecular weight is 443 g/mol. The van der Waals surface area contributed by atoms with E-state index in [1.807, 2.05) is 12.1 Å². The maximum absolute atomic E-state index is 13.6. The summed E-state index contributed by atoms with van der Waals surface area (Å²) in [5.41, 5.74) is 0.311. The zero-order valence-electron chi connectivity index (χ0n) is 16.5. The van der Waals surface area contributed by atoms with Crippen LogP contribution in [0.25, 0.3) is 0 Å². The van der Waals surface area contributed by atoms with E-state index in [0.29, 0.717) is 18.4 Å². The second-order valence-electron chi connectivity index (χ2n) is 7.87. The summed E-state index contributed by atoms with van der Waals surface area (Å²) in [5, 5.41) is 12.7. The predicted molar refractivity (Wildman–Crippen MR) is 106 cm³/mol. The fourth-order valence-electron chi connectivity index (χ4n) is 3.86. The van der Waals surface area contributed by atoms with Gasteiger partial charge in [0.25, 0.3) is 5.92 Å². The Morgan fingerprint density at radius 2 is 1.84 bits per heavy atom. The van der Waals surface area contributed by atoms with Crippen LogP contribution in [0.2, 0.25) is 0 Å². The summed E-state index contributed by atoms with van der Waals surface area (Å²) in [6.07, 6.45) is -3.38. The molecule has 11 heteroatoms. The normalized spacial score (nSPS) is 21.4. The van der Waals surface area contributed by atoms with Crippen LogP contribution in [0.4, 0.5) is 45.1 Å². The average Bonchev–Trinajstić information content (AvgIpc) is 3.07. The van der Waals surface area contributed by atoms with Crippen LogP contribution in [0.5, 0.6) is 0 Å². The molecule has 2 aliphatic rings. The van der Waals surface area contributed by atoms with Gasteiger partial charge in [0.2, 0.25) is 5.95 Å². The summed E-state index contributed by atoms with van der Waals surface area (Å²) in [6, 6.07) is 7.10. The second kappa shape index (κ2) is 8.10. The Kier molecular flexibility index (Phi) is 5.63. The standard InChI is InChI=1S/C20H22F5N5O/c21-19(22)7-9-30(12-19)17-16(20(23,24)25)10-26-18(28-17)27-13-3-5-14(6-4-13)29-8-1-2-15(31)11-29/h3-6,10,15,31H,1-2,7-9,11-12H2,(H,26,27,28)/t15-/m1/s1. The van der Waals surface area contributed by atoms with Gasteiger partial charge in [-0.15, -0.1) is 0 Å². The van der Waals surface area contributed by atoms with Crippen molar-refractivity contribution in [1.29, 1.82) is 0 Å². The molecule has 0 radical (unpaired) electrons. The molecule has 4 rings (SSSR count). The van der Waals surface area contributed by atoms with Crippen molar-refractivity contribution in [2.24, 2.45) is 0 Å². The number of nitrogens with one attached hydrogen (secondary N) is 1. The first kappa shape index (κ1) is 21.5. The highest BCUT2D eigenvalue weighted by Crippen LogP contribution is 2.39. The number of β-amino-alcohol motifs (C(OH)–C–C–N with tert-alkyl or cyclic N) is 1. The Morgan fingerprint density at radius 3 is 2.45 bits per heavy atom. The molecule has 0 amide bonds. The summed E-state index contributed by atoms with van der Waals surface area (Å²) in [6.45, 7) is 0.333. The third kappa shape index (κ3) is 4.97. The SMILES string of the molecule is O[C@@H]1CCCN(c2ccc(Nc3ncc(C(F)(F)F)c(N4CCC(F)(F)C4)n3)cc2)C1. The number of aliphatic hydroxyl groups excluding tert-OH is 1. The molecule has 2 aliphatic heterocycles. The number of alkyl halides is 5. The van der Waals surface area contributed by atoms with E-state index in [4.69, 9.17) is 0 Å². The minimum absolute atomic E-state index is 0.112. The van der Waals surface area contributed by atoms with E-state index in [9.17, 15) is 27.1 Å². The van der Waals surface area contributed by atoms with Crippen LogP contribution < -0.4 is 15.1 Å². The Labute approximate surface area is 175 Å². The summed E-state index contributed by atoms with van der Waals surface area (Å²) < 4.78 is 67.2. The van der Waals surface area contributed by atoms with Gasteiger partial charge >= 0.3 is 6.18 Å². The van der Waals surface area contributed by atoms with Crippen molar-refractivity contribution < 1.29 is 27.1 Å². The number of anilines is 4. The van der Waals surface area contributed by atoms with E-state index in [1.54, 1.807) is 12.1 Å². The van der Waals surface area contributed by atoms with Crippen molar-refractivity contribution in [3.8, 4) is 0 Å². The Bertz CT molecular complexity index is 921. The molecule has 0 saturated carbocycles. The fourth-order valence-corrected chi connectivity index (χ4v) is 3.86. The molecule has 31 heavy (non-hydrogen) atoms. The van der Waals surface area contributed by atoms with Crippen molar-refractivity contribution in [3.05, 3.63) is 36.0 Å². The molecule has 2 N–H and O–H groups in total. The molecule has 2 saturated heterocycles. The van der Waals surface area contributed by atoms with Crippen LogP contribution in [0.15, 0.2) is 30.5 Å². The second-order valence-corrected chi connectivity index (χ2v) is 7.87. The number of nitrogens with zero attached hydrogens (tertiary/aromatic N) is 4. The molecule has 1 aromatic carbocycles. The Hall–Kier alpha value is -2.69. The first-order chi connectivity index (χ1) is 14.6. The van der Waals surface area contributed by atoms with Gasteiger partial charge in [0.15, 0.2) is 0 Å². The molecular weight excluding hydrogens is 421 g/mol. The van der Waals surface area contributed by atoms with Gasteiger partial charge in [0, 0.05) is 43.6 Å². The van der Waals surface area contributed by atoms with Gasteiger partial charge < -0.3 is 20.2 Å². The fraction of sp³-hybridized carbons (Fsp3) is 0.500. The van der Waals surface area contributed by atoms with Crippen LogP contribution in [-0.2, 0) is 6.18 Å². The lowest BCUT2D eigenvalue weighted by molar-refractivity contribution is -0.137. The molecule has 2 fully saturated rings. The molecule has 0 spiro atoms. The maximum atomic E-state index is 13.6. The first-order valence-corrected chi connectivity index (χ1v) is 9.98.